The molecule has 0 aliphatic rings. The largest absolute Gasteiger partial charge is 0.419 e. The second-order valence-corrected chi connectivity index (χ2v) is 7.06. The molecule has 9 heteroatoms. The fourth-order valence-corrected chi connectivity index (χ4v) is 2.85. The van der Waals surface area contributed by atoms with Crippen molar-refractivity contribution in [1.82, 2.24) is 19.9 Å². The van der Waals surface area contributed by atoms with Crippen LogP contribution in [0, 0.1) is 5.82 Å². The second-order valence-electron chi connectivity index (χ2n) is 7.06. The maximum absolute atomic E-state index is 13.4. The number of pyridine rings is 1. The number of carbonyl (C=O) groups excluding carboxylic acids is 1. The molecule has 0 fully saturated rings. The van der Waals surface area contributed by atoms with Gasteiger partial charge in [0.05, 0.1) is 17.4 Å². The molecule has 2 aromatic heterocycles. The fraction of sp³-hybridized carbons (Fsp3) is 0.250. The number of benzene rings is 1. The lowest BCUT2D eigenvalue weighted by molar-refractivity contribution is -0.140. The lowest BCUT2D eigenvalue weighted by Gasteiger charge is -2.26. The number of hydrogen-bond donors (Lipinski definition) is 1. The first-order valence-corrected chi connectivity index (χ1v) is 8.67. The highest BCUT2D eigenvalue weighted by molar-refractivity contribution is 5.92. The van der Waals surface area contributed by atoms with Gasteiger partial charge in [0.2, 0.25) is 0 Å². The zero-order valence-corrected chi connectivity index (χ0v) is 15.7. The summed E-state index contributed by atoms with van der Waals surface area (Å²) in [5.74, 6) is -1.76. The summed E-state index contributed by atoms with van der Waals surface area (Å²) in [6.07, 6.45) is 1.23. The molecule has 0 unspecified atom stereocenters. The van der Waals surface area contributed by atoms with Crippen molar-refractivity contribution in [3.05, 3.63) is 83.5 Å². The Hall–Kier alpha value is -3.23. The van der Waals surface area contributed by atoms with Crippen molar-refractivity contribution in [3.63, 3.8) is 0 Å². The minimum absolute atomic E-state index is 0.0113. The third-order valence-electron chi connectivity index (χ3n) is 4.40. The second kappa shape index (κ2) is 7.65. The van der Waals surface area contributed by atoms with E-state index in [0.29, 0.717) is 0 Å². The molecule has 1 amide bonds. The summed E-state index contributed by atoms with van der Waals surface area (Å²) in [5, 5.41) is 2.86. The molecule has 0 bridgehead atoms. The Morgan fingerprint density at radius 2 is 1.83 bits per heavy atom. The van der Waals surface area contributed by atoms with Crippen LogP contribution in [0.5, 0.6) is 0 Å². The Labute approximate surface area is 164 Å². The summed E-state index contributed by atoms with van der Waals surface area (Å²) >= 11 is 0. The van der Waals surface area contributed by atoms with E-state index in [1.165, 1.54) is 23.2 Å². The zero-order valence-electron chi connectivity index (χ0n) is 15.7. The predicted molar refractivity (Wildman–Crippen MR) is 97.5 cm³/mol. The molecule has 0 spiro atoms. The number of carbonyl (C=O) groups is 1. The Morgan fingerprint density at radius 1 is 1.14 bits per heavy atom. The van der Waals surface area contributed by atoms with Crippen molar-refractivity contribution in [2.24, 2.45) is 0 Å². The number of nitrogens with zero attached hydrogens (tertiary/aromatic N) is 3. The average Bonchev–Trinajstić information content (AvgIpc) is 3.11. The molecule has 0 saturated carbocycles. The van der Waals surface area contributed by atoms with E-state index in [2.05, 4.69) is 15.3 Å². The number of hydrogen-bond acceptors (Lipinski definition) is 3. The van der Waals surface area contributed by atoms with Crippen LogP contribution >= 0.6 is 0 Å². The summed E-state index contributed by atoms with van der Waals surface area (Å²) < 4.78 is 53.5. The van der Waals surface area contributed by atoms with Crippen LogP contribution in [0.15, 0.2) is 55.2 Å². The van der Waals surface area contributed by atoms with Crippen LogP contribution in [0.3, 0.4) is 0 Å². The quantitative estimate of drug-likeness (QED) is 0.648. The topological polar surface area (TPSA) is 59.8 Å². The van der Waals surface area contributed by atoms with Gasteiger partial charge in [-0.05, 0) is 49.2 Å². The van der Waals surface area contributed by atoms with Crippen molar-refractivity contribution in [2.75, 3.05) is 0 Å². The maximum Gasteiger partial charge on any atom is 0.419 e. The van der Waals surface area contributed by atoms with Gasteiger partial charge in [-0.15, -0.1) is 0 Å². The maximum atomic E-state index is 13.4. The SMILES string of the molecule is CC(C)(NC(=O)c1cn(Cc2ccc(F)c(C(F)(F)F)c2)cn1)c1ccncc1. The Kier molecular flexibility index (Phi) is 5.41. The smallest absolute Gasteiger partial charge is 0.342 e. The lowest BCUT2D eigenvalue weighted by Crippen LogP contribution is -2.41. The molecule has 0 atom stereocenters. The van der Waals surface area contributed by atoms with Gasteiger partial charge in [-0.2, -0.15) is 13.2 Å². The third-order valence-corrected chi connectivity index (χ3v) is 4.40. The third kappa shape index (κ3) is 4.79. The van der Waals surface area contributed by atoms with Crippen LogP contribution in [-0.2, 0) is 18.3 Å². The van der Waals surface area contributed by atoms with E-state index in [9.17, 15) is 22.4 Å². The predicted octanol–water partition coefficient (Wildman–Crippen LogP) is 4.15. The van der Waals surface area contributed by atoms with Gasteiger partial charge in [-0.3, -0.25) is 9.78 Å². The monoisotopic (exact) mass is 406 g/mol. The first kappa shape index (κ1) is 20.5. The van der Waals surface area contributed by atoms with Crippen molar-refractivity contribution in [2.45, 2.75) is 32.1 Å². The van der Waals surface area contributed by atoms with Crippen molar-refractivity contribution in [3.8, 4) is 0 Å². The number of amides is 1. The molecule has 0 aliphatic heterocycles. The van der Waals surface area contributed by atoms with Gasteiger partial charge in [0.25, 0.3) is 5.91 Å². The summed E-state index contributed by atoms with van der Waals surface area (Å²) in [4.78, 5) is 20.5. The highest BCUT2D eigenvalue weighted by Crippen LogP contribution is 2.32. The molecule has 152 valence electrons. The molecular weight excluding hydrogens is 388 g/mol. The van der Waals surface area contributed by atoms with Gasteiger partial charge in [-0.25, -0.2) is 9.37 Å². The summed E-state index contributed by atoms with van der Waals surface area (Å²) in [5.41, 5.74) is -0.800. The fourth-order valence-electron chi connectivity index (χ4n) is 2.85. The minimum atomic E-state index is -4.78. The zero-order chi connectivity index (χ0) is 21.2. The normalized spacial score (nSPS) is 12.1. The van der Waals surface area contributed by atoms with Gasteiger partial charge in [-0.1, -0.05) is 6.07 Å². The molecule has 2 heterocycles. The van der Waals surface area contributed by atoms with E-state index in [1.807, 2.05) is 13.8 Å². The van der Waals surface area contributed by atoms with Gasteiger partial charge in [0.15, 0.2) is 0 Å². The van der Waals surface area contributed by atoms with Crippen molar-refractivity contribution in [1.29, 1.82) is 0 Å². The molecule has 29 heavy (non-hydrogen) atoms. The number of halogens is 4. The first-order valence-electron chi connectivity index (χ1n) is 8.67. The Bertz CT molecular complexity index is 1010. The molecule has 0 radical (unpaired) electrons. The van der Waals surface area contributed by atoms with E-state index in [-0.39, 0.29) is 17.8 Å². The molecule has 0 saturated heterocycles. The van der Waals surface area contributed by atoms with Crippen LogP contribution in [0.4, 0.5) is 17.6 Å². The first-order chi connectivity index (χ1) is 13.6. The van der Waals surface area contributed by atoms with E-state index in [0.717, 1.165) is 17.7 Å². The van der Waals surface area contributed by atoms with E-state index < -0.39 is 29.0 Å². The highest BCUT2D eigenvalue weighted by atomic mass is 19.4. The van der Waals surface area contributed by atoms with Crippen molar-refractivity contribution < 1.29 is 22.4 Å². The van der Waals surface area contributed by atoms with E-state index in [4.69, 9.17) is 0 Å². The summed E-state index contributed by atoms with van der Waals surface area (Å²) in [6, 6.07) is 6.36. The molecule has 1 N–H and O–H groups in total. The molecular formula is C20H18F4N4O. The number of aromatic nitrogens is 3. The van der Waals surface area contributed by atoms with Crippen LogP contribution in [0.1, 0.15) is 41.0 Å². The number of nitrogens with one attached hydrogen (secondary N) is 1. The van der Waals surface area contributed by atoms with Crippen LogP contribution in [-0.4, -0.2) is 20.4 Å². The Morgan fingerprint density at radius 3 is 2.48 bits per heavy atom. The van der Waals surface area contributed by atoms with Crippen LogP contribution in [0.2, 0.25) is 0 Å². The van der Waals surface area contributed by atoms with E-state index >= 15 is 0 Å². The molecule has 5 nitrogen and oxygen atoms in total. The number of rotatable bonds is 5. The van der Waals surface area contributed by atoms with Gasteiger partial charge in [0, 0.05) is 25.1 Å². The molecule has 3 rings (SSSR count). The van der Waals surface area contributed by atoms with Crippen LogP contribution < -0.4 is 5.32 Å². The summed E-state index contributed by atoms with van der Waals surface area (Å²) in [7, 11) is 0. The highest BCUT2D eigenvalue weighted by Gasteiger charge is 2.34. The summed E-state index contributed by atoms with van der Waals surface area (Å²) in [6.45, 7) is 3.67. The van der Waals surface area contributed by atoms with Gasteiger partial charge < -0.3 is 9.88 Å². The lowest BCUT2D eigenvalue weighted by atomic mass is 9.95. The number of alkyl halides is 3. The standard InChI is InChI=1S/C20H18F4N4O/c1-19(2,14-5-7-25-8-6-14)27-18(29)17-11-28(12-26-17)10-13-3-4-16(21)15(9-13)20(22,23)24/h3-9,11-12H,10H2,1-2H3,(H,27,29). The Balaban J connectivity index is 1.73. The average molecular weight is 406 g/mol. The van der Waals surface area contributed by atoms with Gasteiger partial charge >= 0.3 is 6.18 Å². The molecule has 0 aliphatic carbocycles. The van der Waals surface area contributed by atoms with E-state index in [1.54, 1.807) is 24.5 Å². The molecule has 3 aromatic rings. The minimum Gasteiger partial charge on any atom is -0.342 e. The number of imidazole rings is 1. The van der Waals surface area contributed by atoms with Crippen molar-refractivity contribution >= 4 is 5.91 Å². The van der Waals surface area contributed by atoms with Gasteiger partial charge in [0.1, 0.15) is 11.5 Å². The molecule has 1 aromatic carbocycles. The van der Waals surface area contributed by atoms with Crippen LogP contribution in [0.25, 0.3) is 0 Å².